The van der Waals surface area contributed by atoms with Crippen LogP contribution in [-0.4, -0.2) is 72.9 Å². The first kappa shape index (κ1) is 27.5. The molecule has 2 heterocycles. The Balaban J connectivity index is 1.45. The minimum absolute atomic E-state index is 0.0675. The van der Waals surface area contributed by atoms with Gasteiger partial charge in [-0.3, -0.25) is 14.5 Å². The van der Waals surface area contributed by atoms with Crippen LogP contribution in [0.15, 0.2) is 54.6 Å². The first-order valence-corrected chi connectivity index (χ1v) is 13.9. The topological polar surface area (TPSA) is 53.1 Å². The standard InChI is InChI=1S/C30H40ClN3O3/c1-24-12-16-33(17-13-24)21-29(36)34-15-7-14-30(22-34,23-37-27-11-6-10-26(31)18-27)19-28(35)32(2)20-25-8-4-3-5-9-25/h3-6,8-11,18,24H,7,12-17,19-23H2,1-2H3/t30-/m0/s1. The molecule has 0 aliphatic carbocycles. The zero-order valence-corrected chi connectivity index (χ0v) is 23.0. The average molecular weight is 526 g/mol. The zero-order chi connectivity index (χ0) is 26.3. The van der Waals surface area contributed by atoms with Gasteiger partial charge in [-0.15, -0.1) is 0 Å². The lowest BCUT2D eigenvalue weighted by molar-refractivity contribution is -0.142. The van der Waals surface area contributed by atoms with Gasteiger partial charge in [0.2, 0.25) is 11.8 Å². The first-order chi connectivity index (χ1) is 17.8. The molecule has 0 unspecified atom stereocenters. The molecule has 2 fully saturated rings. The van der Waals surface area contributed by atoms with Crippen molar-refractivity contribution in [1.82, 2.24) is 14.7 Å². The van der Waals surface area contributed by atoms with E-state index >= 15 is 0 Å². The third kappa shape index (κ3) is 7.96. The predicted molar refractivity (Wildman–Crippen MR) is 148 cm³/mol. The summed E-state index contributed by atoms with van der Waals surface area (Å²) in [5, 5.41) is 0.613. The van der Waals surface area contributed by atoms with Crippen molar-refractivity contribution in [2.75, 3.05) is 46.4 Å². The van der Waals surface area contributed by atoms with Gasteiger partial charge < -0.3 is 14.5 Å². The summed E-state index contributed by atoms with van der Waals surface area (Å²) in [6, 6.07) is 17.4. The lowest BCUT2D eigenvalue weighted by Gasteiger charge is -2.43. The van der Waals surface area contributed by atoms with Crippen molar-refractivity contribution < 1.29 is 14.3 Å². The summed E-state index contributed by atoms with van der Waals surface area (Å²) in [5.41, 5.74) is 0.646. The number of hydrogen-bond acceptors (Lipinski definition) is 4. The fraction of sp³-hybridized carbons (Fsp3) is 0.533. The van der Waals surface area contributed by atoms with E-state index in [-0.39, 0.29) is 11.8 Å². The van der Waals surface area contributed by atoms with E-state index in [4.69, 9.17) is 16.3 Å². The monoisotopic (exact) mass is 525 g/mol. The minimum atomic E-state index is -0.450. The second-order valence-electron chi connectivity index (χ2n) is 11.0. The molecule has 0 radical (unpaired) electrons. The smallest absolute Gasteiger partial charge is 0.236 e. The van der Waals surface area contributed by atoms with Crippen LogP contribution in [0.1, 0.15) is 44.6 Å². The molecule has 0 N–H and O–H groups in total. The van der Waals surface area contributed by atoms with Crippen LogP contribution in [0.25, 0.3) is 0 Å². The molecule has 0 aromatic heterocycles. The van der Waals surface area contributed by atoms with E-state index in [1.165, 1.54) is 0 Å². The summed E-state index contributed by atoms with van der Waals surface area (Å²) in [4.78, 5) is 32.8. The maximum absolute atomic E-state index is 13.4. The van der Waals surface area contributed by atoms with Gasteiger partial charge in [0, 0.05) is 43.5 Å². The highest BCUT2D eigenvalue weighted by atomic mass is 35.5. The molecule has 0 saturated carbocycles. The Morgan fingerprint density at radius 3 is 2.57 bits per heavy atom. The molecule has 37 heavy (non-hydrogen) atoms. The van der Waals surface area contributed by atoms with Crippen molar-refractivity contribution in [2.24, 2.45) is 11.3 Å². The number of halogens is 1. The Morgan fingerprint density at radius 2 is 1.84 bits per heavy atom. The lowest BCUT2D eigenvalue weighted by Crippen LogP contribution is -2.53. The third-order valence-electron chi connectivity index (χ3n) is 7.80. The Hall–Kier alpha value is -2.57. The Kier molecular flexibility index (Phi) is 9.49. The molecule has 0 spiro atoms. The van der Waals surface area contributed by atoms with E-state index in [0.717, 1.165) is 56.8 Å². The quantitative estimate of drug-likeness (QED) is 0.456. The summed E-state index contributed by atoms with van der Waals surface area (Å²) in [7, 11) is 1.85. The maximum atomic E-state index is 13.4. The molecule has 1 atom stereocenters. The van der Waals surface area contributed by atoms with Crippen molar-refractivity contribution in [1.29, 1.82) is 0 Å². The number of rotatable bonds is 9. The molecule has 2 amide bonds. The highest BCUT2D eigenvalue weighted by molar-refractivity contribution is 6.30. The van der Waals surface area contributed by atoms with E-state index in [1.807, 2.05) is 60.5 Å². The summed E-state index contributed by atoms with van der Waals surface area (Å²) < 4.78 is 6.21. The van der Waals surface area contributed by atoms with Gasteiger partial charge in [-0.2, -0.15) is 0 Å². The number of nitrogens with zero attached hydrogens (tertiary/aromatic N) is 3. The molecule has 2 aromatic rings. The fourth-order valence-corrected chi connectivity index (χ4v) is 5.62. The van der Waals surface area contributed by atoms with Crippen LogP contribution in [-0.2, 0) is 16.1 Å². The second-order valence-corrected chi connectivity index (χ2v) is 11.5. The number of benzene rings is 2. The number of piperidine rings is 2. The predicted octanol–water partition coefficient (Wildman–Crippen LogP) is 5.11. The number of amides is 2. The van der Waals surface area contributed by atoms with Crippen LogP contribution in [0.5, 0.6) is 5.75 Å². The number of carbonyl (C=O) groups excluding carboxylic acids is 2. The van der Waals surface area contributed by atoms with E-state index in [1.54, 1.807) is 11.0 Å². The normalized spacial score (nSPS) is 21.0. The minimum Gasteiger partial charge on any atom is -0.493 e. The third-order valence-corrected chi connectivity index (χ3v) is 8.04. The van der Waals surface area contributed by atoms with Crippen molar-refractivity contribution in [3.63, 3.8) is 0 Å². The van der Waals surface area contributed by atoms with Gasteiger partial charge >= 0.3 is 0 Å². The summed E-state index contributed by atoms with van der Waals surface area (Å²) in [5.74, 6) is 1.64. The zero-order valence-electron chi connectivity index (χ0n) is 22.2. The van der Waals surface area contributed by atoms with Gasteiger partial charge in [0.1, 0.15) is 5.75 Å². The molecule has 7 heteroatoms. The molecular weight excluding hydrogens is 486 g/mol. The van der Waals surface area contributed by atoms with E-state index < -0.39 is 5.41 Å². The van der Waals surface area contributed by atoms with Crippen molar-refractivity contribution in [3.8, 4) is 5.75 Å². The number of likely N-dealkylation sites (tertiary alicyclic amines) is 2. The van der Waals surface area contributed by atoms with Crippen LogP contribution < -0.4 is 4.74 Å². The summed E-state index contributed by atoms with van der Waals surface area (Å²) >= 11 is 6.17. The van der Waals surface area contributed by atoms with Gasteiger partial charge in [0.05, 0.1) is 13.2 Å². The number of carbonyl (C=O) groups is 2. The van der Waals surface area contributed by atoms with E-state index in [9.17, 15) is 9.59 Å². The molecule has 4 rings (SSSR count). The molecular formula is C30H40ClN3O3. The molecule has 6 nitrogen and oxygen atoms in total. The molecule has 2 saturated heterocycles. The van der Waals surface area contributed by atoms with Gasteiger partial charge in [-0.25, -0.2) is 0 Å². The molecule has 2 aliphatic rings. The highest BCUT2D eigenvalue weighted by Crippen LogP contribution is 2.36. The molecule has 2 aromatic carbocycles. The Labute approximate surface area is 226 Å². The van der Waals surface area contributed by atoms with Crippen LogP contribution in [0, 0.1) is 11.3 Å². The highest BCUT2D eigenvalue weighted by Gasteiger charge is 2.41. The van der Waals surface area contributed by atoms with E-state index in [0.29, 0.717) is 43.4 Å². The summed E-state index contributed by atoms with van der Waals surface area (Å²) in [6.45, 7) is 6.88. The Bertz CT molecular complexity index is 1040. The first-order valence-electron chi connectivity index (χ1n) is 13.5. The van der Waals surface area contributed by atoms with Crippen molar-refractivity contribution >= 4 is 23.4 Å². The van der Waals surface area contributed by atoms with Gasteiger partial charge in [0.15, 0.2) is 0 Å². The second kappa shape index (κ2) is 12.8. The van der Waals surface area contributed by atoms with Crippen LogP contribution >= 0.6 is 11.6 Å². The van der Waals surface area contributed by atoms with E-state index in [2.05, 4.69) is 11.8 Å². The molecule has 200 valence electrons. The summed E-state index contributed by atoms with van der Waals surface area (Å²) in [6.07, 6.45) is 4.32. The number of ether oxygens (including phenoxy) is 1. The average Bonchev–Trinajstić information content (AvgIpc) is 2.89. The van der Waals surface area contributed by atoms with Crippen LogP contribution in [0.2, 0.25) is 5.02 Å². The maximum Gasteiger partial charge on any atom is 0.236 e. The SMILES string of the molecule is CC1CCN(CC(=O)N2CCC[C@](COc3cccc(Cl)c3)(CC(=O)N(C)Cc3ccccc3)C2)CC1. The van der Waals surface area contributed by atoms with Crippen LogP contribution in [0.3, 0.4) is 0 Å². The van der Waals surface area contributed by atoms with Gasteiger partial charge in [0.25, 0.3) is 0 Å². The molecule has 0 bridgehead atoms. The van der Waals surface area contributed by atoms with Gasteiger partial charge in [-0.05, 0) is 68.5 Å². The van der Waals surface area contributed by atoms with Crippen molar-refractivity contribution in [2.45, 2.75) is 45.6 Å². The van der Waals surface area contributed by atoms with Crippen molar-refractivity contribution in [3.05, 3.63) is 65.2 Å². The fourth-order valence-electron chi connectivity index (χ4n) is 5.44. The lowest BCUT2D eigenvalue weighted by atomic mass is 9.77. The Morgan fingerprint density at radius 1 is 1.08 bits per heavy atom. The van der Waals surface area contributed by atoms with Crippen LogP contribution in [0.4, 0.5) is 0 Å². The van der Waals surface area contributed by atoms with Gasteiger partial charge in [-0.1, -0.05) is 54.9 Å². The molecule has 2 aliphatic heterocycles. The largest absolute Gasteiger partial charge is 0.493 e. The number of hydrogen-bond donors (Lipinski definition) is 0.